The van der Waals surface area contributed by atoms with Gasteiger partial charge >= 0.3 is 5.97 Å². The van der Waals surface area contributed by atoms with Gasteiger partial charge in [0.15, 0.2) is 19.2 Å². The van der Waals surface area contributed by atoms with Crippen molar-refractivity contribution in [3.05, 3.63) is 0 Å². The van der Waals surface area contributed by atoms with E-state index < -0.39 is 6.10 Å². The molecule has 1 aliphatic heterocycles. The van der Waals surface area contributed by atoms with Gasteiger partial charge in [0.2, 0.25) is 0 Å². The molecule has 1 amide bonds. The number of methoxy groups -OCH3 is 1. The van der Waals surface area contributed by atoms with Crippen LogP contribution in [-0.4, -0.2) is 87.8 Å². The number of quaternary nitrogens is 1. The highest BCUT2D eigenvalue weighted by molar-refractivity contribution is 5.77. The highest BCUT2D eigenvalue weighted by atomic mass is 16.5. The second-order valence-electron chi connectivity index (χ2n) is 5.73. The fourth-order valence-corrected chi connectivity index (χ4v) is 2.56. The van der Waals surface area contributed by atoms with Crippen molar-refractivity contribution in [3.63, 3.8) is 0 Å². The maximum atomic E-state index is 11.9. The van der Waals surface area contributed by atoms with E-state index in [-0.39, 0.29) is 29.4 Å². The number of hydrogen-bond donors (Lipinski definition) is 3. The van der Waals surface area contributed by atoms with Crippen molar-refractivity contribution in [2.75, 3.05) is 60.2 Å². The topological polar surface area (TPSA) is 96.9 Å². The lowest BCUT2D eigenvalue weighted by molar-refractivity contribution is -0.959. The van der Waals surface area contributed by atoms with Gasteiger partial charge in [-0.1, -0.05) is 0 Å². The highest BCUT2D eigenvalue weighted by Crippen LogP contribution is 2.20. The number of nitrogens with zero attached hydrogens (tertiary/aromatic N) is 1. The van der Waals surface area contributed by atoms with E-state index in [9.17, 15) is 14.7 Å². The van der Waals surface area contributed by atoms with E-state index in [2.05, 4.69) is 10.6 Å². The molecule has 0 bridgehead atoms. The Morgan fingerprint density at radius 1 is 1.23 bits per heavy atom. The number of esters is 1. The first-order valence-corrected chi connectivity index (χ1v) is 7.60. The van der Waals surface area contributed by atoms with Gasteiger partial charge in [-0.15, -0.1) is 0 Å². The number of nitrogens with one attached hydrogen (secondary N) is 2. The van der Waals surface area contributed by atoms with E-state index in [0.29, 0.717) is 33.0 Å². The summed E-state index contributed by atoms with van der Waals surface area (Å²) in [5.41, 5.74) is 0. The fraction of sp³-hybridized carbons (Fsp3) is 0.857. The summed E-state index contributed by atoms with van der Waals surface area (Å²) < 4.78 is 10.4. The summed E-state index contributed by atoms with van der Waals surface area (Å²) in [5, 5.41) is 15.1. The van der Waals surface area contributed by atoms with Gasteiger partial charge in [-0.05, 0) is 19.9 Å². The number of amides is 1. The summed E-state index contributed by atoms with van der Waals surface area (Å²) in [6.45, 7) is 2.50. The zero-order valence-electron chi connectivity index (χ0n) is 13.5. The summed E-state index contributed by atoms with van der Waals surface area (Å²) in [5.74, 6) is -0.472. The average Bonchev–Trinajstić information content (AvgIpc) is 2.43. The van der Waals surface area contributed by atoms with Crippen LogP contribution in [0.2, 0.25) is 0 Å². The van der Waals surface area contributed by atoms with Crippen molar-refractivity contribution in [2.24, 2.45) is 0 Å². The van der Waals surface area contributed by atoms with Crippen molar-refractivity contribution in [2.45, 2.75) is 18.9 Å². The number of aliphatic hydroxyl groups is 1. The third-order valence-corrected chi connectivity index (χ3v) is 3.61. The molecule has 1 heterocycles. The summed E-state index contributed by atoms with van der Waals surface area (Å²) in [4.78, 5) is 23.7. The number of ether oxygens (including phenoxy) is 2. The molecule has 0 aromatic heterocycles. The smallest absolute Gasteiger partial charge is 0.361 e. The molecule has 0 aromatic carbocycles. The summed E-state index contributed by atoms with van der Waals surface area (Å²) in [6, 6.07) is 0. The number of carbonyl (C=O) groups is 2. The van der Waals surface area contributed by atoms with Crippen LogP contribution in [0.25, 0.3) is 0 Å². The van der Waals surface area contributed by atoms with Crippen molar-refractivity contribution in [1.82, 2.24) is 10.6 Å². The normalized spacial score (nSPS) is 23.7. The molecule has 0 unspecified atom stereocenters. The second-order valence-corrected chi connectivity index (χ2v) is 5.73. The van der Waals surface area contributed by atoms with Crippen LogP contribution in [0, 0.1) is 0 Å². The Morgan fingerprint density at radius 3 is 2.50 bits per heavy atom. The molecule has 1 aliphatic rings. The van der Waals surface area contributed by atoms with Gasteiger partial charge < -0.3 is 29.7 Å². The lowest BCUT2D eigenvalue weighted by atomic mass is 10.1. The van der Waals surface area contributed by atoms with E-state index >= 15 is 0 Å². The first-order valence-electron chi connectivity index (χ1n) is 7.60. The Hall–Kier alpha value is -1.22. The monoisotopic (exact) mass is 318 g/mol. The minimum Gasteiger partial charge on any atom is -0.462 e. The minimum absolute atomic E-state index is 0.119. The second kappa shape index (κ2) is 9.73. The molecular formula is C14H28N3O5+. The third-order valence-electron chi connectivity index (χ3n) is 3.61. The van der Waals surface area contributed by atoms with Gasteiger partial charge in [0.05, 0.1) is 13.3 Å². The molecule has 1 saturated heterocycles. The van der Waals surface area contributed by atoms with Crippen LogP contribution in [0.4, 0.5) is 0 Å². The molecule has 1 rings (SSSR count). The predicted octanol–water partition coefficient (Wildman–Crippen LogP) is -1.56. The van der Waals surface area contributed by atoms with Gasteiger partial charge in [-0.2, -0.15) is 0 Å². The van der Waals surface area contributed by atoms with E-state index in [1.165, 1.54) is 0 Å². The predicted molar refractivity (Wildman–Crippen MR) is 79.9 cm³/mol. The maximum Gasteiger partial charge on any atom is 0.361 e. The molecule has 8 nitrogen and oxygen atoms in total. The number of unbranched alkanes of at least 4 members (excludes halogenated alkanes) is 1. The van der Waals surface area contributed by atoms with Gasteiger partial charge in [0.1, 0.15) is 13.1 Å². The number of hydrogen-bond acceptors (Lipinski definition) is 6. The van der Waals surface area contributed by atoms with Crippen LogP contribution in [0.5, 0.6) is 0 Å². The molecule has 0 aliphatic carbocycles. The quantitative estimate of drug-likeness (QED) is 0.185. The molecule has 0 spiro atoms. The Bertz CT molecular complexity index is 358. The van der Waals surface area contributed by atoms with E-state index in [1.807, 2.05) is 0 Å². The van der Waals surface area contributed by atoms with Gasteiger partial charge in [-0.25, -0.2) is 4.79 Å². The van der Waals surface area contributed by atoms with Crippen molar-refractivity contribution >= 4 is 11.9 Å². The number of rotatable bonds is 11. The maximum absolute atomic E-state index is 11.9. The van der Waals surface area contributed by atoms with Gasteiger partial charge in [0.25, 0.3) is 5.91 Å². The summed E-state index contributed by atoms with van der Waals surface area (Å²) in [7, 11) is 3.37. The van der Waals surface area contributed by atoms with E-state index in [4.69, 9.17) is 9.47 Å². The minimum atomic E-state index is -0.452. The molecule has 128 valence electrons. The van der Waals surface area contributed by atoms with E-state index in [1.54, 1.807) is 14.2 Å². The molecule has 22 heavy (non-hydrogen) atoms. The van der Waals surface area contributed by atoms with Crippen molar-refractivity contribution in [3.8, 4) is 0 Å². The molecule has 0 radical (unpaired) electrons. The largest absolute Gasteiger partial charge is 0.462 e. The number of aliphatic hydroxyl groups excluding tert-OH is 1. The van der Waals surface area contributed by atoms with Crippen LogP contribution in [0.3, 0.4) is 0 Å². The first kappa shape index (κ1) is 18.8. The first-order chi connectivity index (χ1) is 10.5. The third kappa shape index (κ3) is 6.69. The van der Waals surface area contributed by atoms with Gasteiger partial charge in [0, 0.05) is 13.7 Å². The Labute approximate surface area is 131 Å². The lowest BCUT2D eigenvalue weighted by Gasteiger charge is -2.46. The Kier molecular flexibility index (Phi) is 8.32. The van der Waals surface area contributed by atoms with Crippen LogP contribution < -0.4 is 10.6 Å². The standard InChI is InChI=1S/C14H27N3O5/c1-15-11-16-13(19)9-17(7-12(18)8-17)10-14(20)22-6-4-3-5-21-2/h12,15,18H,3-11H2,1-2H3/p+1. The molecule has 3 N–H and O–H groups in total. The zero-order valence-corrected chi connectivity index (χ0v) is 13.5. The lowest BCUT2D eigenvalue weighted by Crippen LogP contribution is -2.70. The number of likely N-dealkylation sites (tertiary alicyclic amines) is 1. The number of carbonyl (C=O) groups excluding carboxylic acids is 2. The van der Waals surface area contributed by atoms with Crippen molar-refractivity contribution < 1.29 is 28.7 Å². The molecule has 0 aromatic rings. The zero-order chi connectivity index (χ0) is 16.4. The van der Waals surface area contributed by atoms with Crippen LogP contribution in [0.15, 0.2) is 0 Å². The SMILES string of the molecule is CNCNC(=O)C[N+]1(CC(=O)OCCCCOC)CC(O)C1. The highest BCUT2D eigenvalue weighted by Gasteiger charge is 2.46. The molecule has 1 fully saturated rings. The Morgan fingerprint density at radius 2 is 1.91 bits per heavy atom. The van der Waals surface area contributed by atoms with Crippen LogP contribution in [0.1, 0.15) is 12.8 Å². The molecule has 8 heteroatoms. The van der Waals surface area contributed by atoms with E-state index in [0.717, 1.165) is 12.8 Å². The molecular weight excluding hydrogens is 290 g/mol. The summed E-state index contributed by atoms with van der Waals surface area (Å²) in [6.07, 6.45) is 1.14. The fourth-order valence-electron chi connectivity index (χ4n) is 2.56. The Balaban J connectivity index is 2.33. The van der Waals surface area contributed by atoms with Gasteiger partial charge in [-0.3, -0.25) is 4.79 Å². The molecule has 0 atom stereocenters. The van der Waals surface area contributed by atoms with Crippen LogP contribution in [-0.2, 0) is 19.1 Å². The summed E-state index contributed by atoms with van der Waals surface area (Å²) >= 11 is 0. The van der Waals surface area contributed by atoms with Crippen LogP contribution >= 0.6 is 0 Å². The molecule has 0 saturated carbocycles. The average molecular weight is 318 g/mol. The van der Waals surface area contributed by atoms with Crippen molar-refractivity contribution in [1.29, 1.82) is 0 Å².